The van der Waals surface area contributed by atoms with E-state index in [1.165, 1.54) is 18.3 Å². The minimum absolute atomic E-state index is 0.138. The quantitative estimate of drug-likeness (QED) is 0.798. The van der Waals surface area contributed by atoms with E-state index in [-0.39, 0.29) is 9.93 Å². The number of nitrogens with zero attached hydrogens (tertiary/aromatic N) is 4. The van der Waals surface area contributed by atoms with Crippen molar-refractivity contribution in [1.29, 1.82) is 5.26 Å². The average molecular weight is 302 g/mol. The molecule has 0 aliphatic rings. The number of pyridine rings is 1. The largest absolute Gasteiger partial charge is 0.319 e. The van der Waals surface area contributed by atoms with Gasteiger partial charge in [0.15, 0.2) is 9.93 Å². The normalized spacial score (nSPS) is 12.0. The molecular weight excluding hydrogens is 288 g/mol. The molecular formula is C14H14N4O2S. The van der Waals surface area contributed by atoms with Crippen LogP contribution in [0.1, 0.15) is 5.69 Å². The SMILES string of the molecule is CN(C)n1cccc1/C=C(\C#N)S(=O)(=O)c1ccccn1. The third-order valence-electron chi connectivity index (χ3n) is 2.78. The molecule has 0 aromatic carbocycles. The second-order valence-electron chi connectivity index (χ2n) is 4.42. The molecule has 2 heterocycles. The second kappa shape index (κ2) is 5.81. The molecule has 2 rings (SSSR count). The van der Waals surface area contributed by atoms with Gasteiger partial charge >= 0.3 is 0 Å². The van der Waals surface area contributed by atoms with E-state index in [2.05, 4.69) is 4.98 Å². The standard InChI is InChI=1S/C14H14N4O2S/c1-17(2)18-9-5-6-12(18)10-13(11-15)21(19,20)14-7-3-4-8-16-14/h3-10H,1-2H3/b13-10+. The zero-order chi connectivity index (χ0) is 15.5. The molecule has 0 saturated heterocycles. The average Bonchev–Trinajstić information content (AvgIpc) is 2.94. The van der Waals surface area contributed by atoms with Crippen LogP contribution in [0.5, 0.6) is 0 Å². The zero-order valence-corrected chi connectivity index (χ0v) is 12.4. The Kier molecular flexibility index (Phi) is 4.10. The molecule has 0 radical (unpaired) electrons. The summed E-state index contributed by atoms with van der Waals surface area (Å²) in [5.41, 5.74) is 0.594. The molecule has 6 nitrogen and oxygen atoms in total. The molecule has 0 bridgehead atoms. The molecule has 0 amide bonds. The maximum atomic E-state index is 12.4. The first kappa shape index (κ1) is 14.8. The number of hydrogen-bond acceptors (Lipinski definition) is 5. The van der Waals surface area contributed by atoms with Gasteiger partial charge in [0.2, 0.25) is 9.84 Å². The lowest BCUT2D eigenvalue weighted by atomic mass is 10.4. The molecule has 0 aliphatic heterocycles. The van der Waals surface area contributed by atoms with Crippen LogP contribution in [-0.2, 0) is 9.84 Å². The Morgan fingerprint density at radius 1 is 1.33 bits per heavy atom. The Bertz CT molecular complexity index is 799. The van der Waals surface area contributed by atoms with Crippen molar-refractivity contribution in [3.05, 3.63) is 53.3 Å². The summed E-state index contributed by atoms with van der Waals surface area (Å²) < 4.78 is 26.5. The lowest BCUT2D eigenvalue weighted by molar-refractivity contribution is 0.599. The van der Waals surface area contributed by atoms with E-state index >= 15 is 0 Å². The Hall–Kier alpha value is -2.59. The Balaban J connectivity index is 2.52. The van der Waals surface area contributed by atoms with Crippen molar-refractivity contribution in [3.8, 4) is 6.07 Å². The van der Waals surface area contributed by atoms with E-state index < -0.39 is 9.84 Å². The number of aromatic nitrogens is 2. The fourth-order valence-corrected chi connectivity index (χ4v) is 2.87. The molecule has 0 spiro atoms. The molecule has 0 fully saturated rings. The molecule has 2 aromatic rings. The van der Waals surface area contributed by atoms with E-state index in [1.54, 1.807) is 46.2 Å². The number of sulfone groups is 1. The fraction of sp³-hybridized carbons (Fsp3) is 0.143. The van der Waals surface area contributed by atoms with Crippen molar-refractivity contribution in [2.75, 3.05) is 19.1 Å². The van der Waals surface area contributed by atoms with E-state index in [4.69, 9.17) is 0 Å². The maximum Gasteiger partial charge on any atom is 0.233 e. The Morgan fingerprint density at radius 3 is 2.67 bits per heavy atom. The van der Waals surface area contributed by atoms with Crippen LogP contribution in [0.3, 0.4) is 0 Å². The minimum atomic E-state index is -3.91. The van der Waals surface area contributed by atoms with Crippen LogP contribution in [0.2, 0.25) is 0 Å². The van der Waals surface area contributed by atoms with Crippen molar-refractivity contribution in [2.45, 2.75) is 5.03 Å². The van der Waals surface area contributed by atoms with Crippen molar-refractivity contribution in [1.82, 2.24) is 9.66 Å². The number of hydrogen-bond donors (Lipinski definition) is 0. The molecule has 7 heteroatoms. The van der Waals surface area contributed by atoms with Crippen LogP contribution in [0.25, 0.3) is 6.08 Å². The first-order chi connectivity index (χ1) is 9.96. The summed E-state index contributed by atoms with van der Waals surface area (Å²) in [4.78, 5) is 3.46. The molecule has 0 aliphatic carbocycles. The first-order valence-corrected chi connectivity index (χ1v) is 7.58. The highest BCUT2D eigenvalue weighted by Gasteiger charge is 2.22. The van der Waals surface area contributed by atoms with Crippen LogP contribution < -0.4 is 5.01 Å². The van der Waals surface area contributed by atoms with Gasteiger partial charge in [-0.25, -0.2) is 13.4 Å². The topological polar surface area (TPSA) is 79.0 Å². The molecule has 0 unspecified atom stereocenters. The molecule has 2 aromatic heterocycles. The highest BCUT2D eigenvalue weighted by molar-refractivity contribution is 7.95. The van der Waals surface area contributed by atoms with Crippen LogP contribution in [-0.4, -0.2) is 32.2 Å². The molecule has 0 N–H and O–H groups in total. The van der Waals surface area contributed by atoms with Gasteiger partial charge in [0.1, 0.15) is 6.07 Å². The third kappa shape index (κ3) is 2.95. The van der Waals surface area contributed by atoms with Gasteiger partial charge in [0.25, 0.3) is 0 Å². The van der Waals surface area contributed by atoms with Gasteiger partial charge in [-0.05, 0) is 30.3 Å². The van der Waals surface area contributed by atoms with Crippen molar-refractivity contribution >= 4 is 15.9 Å². The van der Waals surface area contributed by atoms with E-state index in [0.717, 1.165) is 0 Å². The summed E-state index contributed by atoms with van der Waals surface area (Å²) in [6.07, 6.45) is 4.49. The van der Waals surface area contributed by atoms with E-state index in [0.29, 0.717) is 5.69 Å². The molecule has 21 heavy (non-hydrogen) atoms. The van der Waals surface area contributed by atoms with Crippen LogP contribution in [0, 0.1) is 11.3 Å². The number of rotatable bonds is 4. The Labute approximate surface area is 123 Å². The first-order valence-electron chi connectivity index (χ1n) is 6.09. The highest BCUT2D eigenvalue weighted by atomic mass is 32.2. The van der Waals surface area contributed by atoms with Gasteiger partial charge in [0, 0.05) is 26.5 Å². The molecule has 108 valence electrons. The summed E-state index contributed by atoms with van der Waals surface area (Å²) in [7, 11) is -0.280. The third-order valence-corrected chi connectivity index (χ3v) is 4.36. The van der Waals surface area contributed by atoms with Crippen molar-refractivity contribution < 1.29 is 8.42 Å². The van der Waals surface area contributed by atoms with E-state index in [9.17, 15) is 13.7 Å². The lowest BCUT2D eigenvalue weighted by Crippen LogP contribution is -2.24. The summed E-state index contributed by atoms with van der Waals surface area (Å²) >= 11 is 0. The van der Waals surface area contributed by atoms with Crippen LogP contribution in [0.15, 0.2) is 52.7 Å². The lowest BCUT2D eigenvalue weighted by Gasteiger charge is -2.16. The Morgan fingerprint density at radius 2 is 2.10 bits per heavy atom. The smallest absolute Gasteiger partial charge is 0.233 e. The van der Waals surface area contributed by atoms with Gasteiger partial charge < -0.3 is 5.01 Å². The minimum Gasteiger partial charge on any atom is -0.319 e. The van der Waals surface area contributed by atoms with Gasteiger partial charge in [-0.3, -0.25) is 4.68 Å². The zero-order valence-electron chi connectivity index (χ0n) is 11.6. The van der Waals surface area contributed by atoms with Crippen molar-refractivity contribution in [3.63, 3.8) is 0 Å². The fourth-order valence-electron chi connectivity index (χ4n) is 1.79. The second-order valence-corrected chi connectivity index (χ2v) is 6.28. The summed E-state index contributed by atoms with van der Waals surface area (Å²) in [6, 6.07) is 9.80. The van der Waals surface area contributed by atoms with E-state index in [1.807, 2.05) is 14.1 Å². The van der Waals surface area contributed by atoms with Crippen molar-refractivity contribution in [2.24, 2.45) is 0 Å². The number of nitriles is 1. The summed E-state index contributed by atoms with van der Waals surface area (Å²) in [6.45, 7) is 0. The predicted octanol–water partition coefficient (Wildman–Crippen LogP) is 1.42. The summed E-state index contributed by atoms with van der Waals surface area (Å²) in [5.74, 6) is 0. The predicted molar refractivity (Wildman–Crippen MR) is 79.5 cm³/mol. The molecule has 0 atom stereocenters. The van der Waals surface area contributed by atoms with Crippen LogP contribution in [0.4, 0.5) is 0 Å². The van der Waals surface area contributed by atoms with Gasteiger partial charge in [0.05, 0.1) is 5.69 Å². The number of allylic oxidation sites excluding steroid dienone is 1. The van der Waals surface area contributed by atoms with Crippen LogP contribution >= 0.6 is 0 Å². The highest BCUT2D eigenvalue weighted by Crippen LogP contribution is 2.19. The monoisotopic (exact) mass is 302 g/mol. The maximum absolute atomic E-state index is 12.4. The van der Waals surface area contributed by atoms with Gasteiger partial charge in [-0.15, -0.1) is 0 Å². The molecule has 0 saturated carbocycles. The van der Waals surface area contributed by atoms with Gasteiger partial charge in [-0.2, -0.15) is 5.26 Å². The van der Waals surface area contributed by atoms with Gasteiger partial charge in [-0.1, -0.05) is 6.07 Å². The summed E-state index contributed by atoms with van der Waals surface area (Å²) in [5, 5.41) is 10.8.